The van der Waals surface area contributed by atoms with E-state index >= 15 is 0 Å². The summed E-state index contributed by atoms with van der Waals surface area (Å²) in [5, 5.41) is 8.54. The van der Waals surface area contributed by atoms with Crippen LogP contribution in [0.4, 0.5) is 15.8 Å². The molecule has 0 saturated heterocycles. The lowest BCUT2D eigenvalue weighted by molar-refractivity contribution is -0.120. The number of thiocarbonyl (C=S) groups is 1. The molecule has 1 aliphatic rings. The lowest BCUT2D eigenvalue weighted by Crippen LogP contribution is -2.34. The molecule has 28 heavy (non-hydrogen) atoms. The number of anilines is 2. The highest BCUT2D eigenvalue weighted by atomic mass is 32.1. The molecule has 2 aromatic carbocycles. The summed E-state index contributed by atoms with van der Waals surface area (Å²) in [5.74, 6) is -0.728. The highest BCUT2D eigenvalue weighted by Gasteiger charge is 2.21. The average molecular weight is 399 g/mol. The molecule has 0 atom stereocenters. The van der Waals surface area contributed by atoms with Crippen LogP contribution in [0.15, 0.2) is 48.5 Å². The molecule has 0 bridgehead atoms. The summed E-state index contributed by atoms with van der Waals surface area (Å²) in [6.45, 7) is 0. The Morgan fingerprint density at radius 3 is 2.25 bits per heavy atom. The molecule has 2 amide bonds. The summed E-state index contributed by atoms with van der Waals surface area (Å²) in [6.07, 6.45) is 5.26. The summed E-state index contributed by atoms with van der Waals surface area (Å²) in [7, 11) is 0. The third kappa shape index (κ3) is 5.60. The fraction of sp³-hybridized carbons (Fsp3) is 0.286. The van der Waals surface area contributed by atoms with Crippen LogP contribution in [0.1, 0.15) is 42.5 Å². The van der Waals surface area contributed by atoms with Crippen molar-refractivity contribution in [3.05, 3.63) is 59.9 Å². The van der Waals surface area contributed by atoms with Crippen LogP contribution in [0, 0.1) is 11.7 Å². The molecule has 2 aromatic rings. The van der Waals surface area contributed by atoms with Gasteiger partial charge in [-0.15, -0.1) is 0 Å². The Balaban J connectivity index is 1.56. The van der Waals surface area contributed by atoms with Crippen molar-refractivity contribution < 1.29 is 14.0 Å². The lowest BCUT2D eigenvalue weighted by atomic mass is 9.88. The SMILES string of the molecule is O=C(NC(=S)Nc1cccc(NC(=O)C2CCCCC2)c1)c1ccc(F)cc1. The fourth-order valence-electron chi connectivity index (χ4n) is 3.22. The van der Waals surface area contributed by atoms with Gasteiger partial charge in [-0.25, -0.2) is 4.39 Å². The van der Waals surface area contributed by atoms with Crippen LogP contribution in [0.3, 0.4) is 0 Å². The largest absolute Gasteiger partial charge is 0.332 e. The fourth-order valence-corrected chi connectivity index (χ4v) is 3.43. The van der Waals surface area contributed by atoms with E-state index < -0.39 is 11.7 Å². The molecule has 0 unspecified atom stereocenters. The van der Waals surface area contributed by atoms with Crippen LogP contribution >= 0.6 is 12.2 Å². The van der Waals surface area contributed by atoms with Crippen molar-refractivity contribution in [1.29, 1.82) is 0 Å². The first-order valence-electron chi connectivity index (χ1n) is 9.30. The molecule has 0 spiro atoms. The van der Waals surface area contributed by atoms with Gasteiger partial charge in [0.2, 0.25) is 5.91 Å². The predicted octanol–water partition coefficient (Wildman–Crippen LogP) is 4.47. The molecule has 1 aliphatic carbocycles. The second-order valence-corrected chi connectivity index (χ2v) is 7.23. The van der Waals surface area contributed by atoms with Crippen LogP contribution in [-0.4, -0.2) is 16.9 Å². The van der Waals surface area contributed by atoms with Gasteiger partial charge in [0.1, 0.15) is 5.82 Å². The van der Waals surface area contributed by atoms with Gasteiger partial charge in [0, 0.05) is 22.9 Å². The lowest BCUT2D eigenvalue weighted by Gasteiger charge is -2.21. The number of hydrogen-bond acceptors (Lipinski definition) is 3. The van der Waals surface area contributed by atoms with Crippen molar-refractivity contribution in [1.82, 2.24) is 5.32 Å². The Morgan fingerprint density at radius 2 is 1.57 bits per heavy atom. The van der Waals surface area contributed by atoms with E-state index in [1.807, 2.05) is 6.07 Å². The highest BCUT2D eigenvalue weighted by Crippen LogP contribution is 2.25. The zero-order chi connectivity index (χ0) is 19.9. The molecule has 0 aliphatic heterocycles. The van der Waals surface area contributed by atoms with Crippen molar-refractivity contribution in [2.75, 3.05) is 10.6 Å². The predicted molar refractivity (Wildman–Crippen MR) is 112 cm³/mol. The molecule has 5 nitrogen and oxygen atoms in total. The second kappa shape index (κ2) is 9.41. The number of halogens is 1. The number of hydrogen-bond donors (Lipinski definition) is 3. The number of rotatable bonds is 4. The van der Waals surface area contributed by atoms with Crippen LogP contribution in [0.5, 0.6) is 0 Å². The molecule has 0 radical (unpaired) electrons. The van der Waals surface area contributed by atoms with Crippen LogP contribution in [0.25, 0.3) is 0 Å². The van der Waals surface area contributed by atoms with E-state index in [-0.39, 0.29) is 16.9 Å². The highest BCUT2D eigenvalue weighted by molar-refractivity contribution is 7.80. The maximum Gasteiger partial charge on any atom is 0.257 e. The van der Waals surface area contributed by atoms with E-state index in [0.717, 1.165) is 25.7 Å². The van der Waals surface area contributed by atoms with Gasteiger partial charge in [-0.05, 0) is 67.5 Å². The number of carbonyl (C=O) groups excluding carboxylic acids is 2. The van der Waals surface area contributed by atoms with E-state index in [1.54, 1.807) is 18.2 Å². The Hall–Kier alpha value is -2.80. The van der Waals surface area contributed by atoms with Gasteiger partial charge in [0.25, 0.3) is 5.91 Å². The second-order valence-electron chi connectivity index (χ2n) is 6.82. The zero-order valence-electron chi connectivity index (χ0n) is 15.3. The van der Waals surface area contributed by atoms with Crippen molar-refractivity contribution in [2.45, 2.75) is 32.1 Å². The minimum atomic E-state index is -0.431. The van der Waals surface area contributed by atoms with Gasteiger partial charge < -0.3 is 10.6 Å². The van der Waals surface area contributed by atoms with Gasteiger partial charge in [0.15, 0.2) is 5.11 Å². The standard InChI is InChI=1S/C21H22FN3O2S/c22-16-11-9-15(10-12-16)20(27)25-21(28)24-18-8-4-7-17(13-18)23-19(26)14-5-2-1-3-6-14/h4,7-14H,1-3,5-6H2,(H,23,26)(H2,24,25,27,28). The number of nitrogens with one attached hydrogen (secondary N) is 3. The summed E-state index contributed by atoms with van der Waals surface area (Å²) < 4.78 is 12.9. The Kier molecular flexibility index (Phi) is 6.71. The Labute approximate surface area is 168 Å². The quantitative estimate of drug-likeness (QED) is 0.664. The van der Waals surface area contributed by atoms with Crippen molar-refractivity contribution >= 4 is 40.5 Å². The van der Waals surface area contributed by atoms with Crippen molar-refractivity contribution in [2.24, 2.45) is 5.92 Å². The van der Waals surface area contributed by atoms with E-state index in [0.29, 0.717) is 16.9 Å². The third-order valence-corrected chi connectivity index (χ3v) is 4.90. The third-order valence-electron chi connectivity index (χ3n) is 4.70. The Morgan fingerprint density at radius 1 is 0.929 bits per heavy atom. The normalized spacial score (nSPS) is 14.2. The van der Waals surface area contributed by atoms with Gasteiger partial charge >= 0.3 is 0 Å². The van der Waals surface area contributed by atoms with Gasteiger partial charge in [-0.1, -0.05) is 25.3 Å². The maximum atomic E-state index is 12.9. The molecule has 7 heteroatoms. The first kappa shape index (κ1) is 19.9. The first-order chi connectivity index (χ1) is 13.5. The van der Waals surface area contributed by atoms with Crippen LogP contribution < -0.4 is 16.0 Å². The van der Waals surface area contributed by atoms with Gasteiger partial charge in [0.05, 0.1) is 0 Å². The van der Waals surface area contributed by atoms with Crippen LogP contribution in [-0.2, 0) is 4.79 Å². The van der Waals surface area contributed by atoms with E-state index in [1.165, 1.54) is 30.7 Å². The smallest absolute Gasteiger partial charge is 0.257 e. The van der Waals surface area contributed by atoms with Crippen molar-refractivity contribution in [3.8, 4) is 0 Å². The average Bonchev–Trinajstić information content (AvgIpc) is 2.69. The topological polar surface area (TPSA) is 70.2 Å². The molecular weight excluding hydrogens is 377 g/mol. The molecule has 0 heterocycles. The Bertz CT molecular complexity index is 864. The zero-order valence-corrected chi connectivity index (χ0v) is 16.2. The number of carbonyl (C=O) groups is 2. The summed E-state index contributed by atoms with van der Waals surface area (Å²) in [4.78, 5) is 24.5. The van der Waals surface area contributed by atoms with Crippen molar-refractivity contribution in [3.63, 3.8) is 0 Å². The van der Waals surface area contributed by atoms with E-state index in [2.05, 4.69) is 16.0 Å². The minimum absolute atomic E-state index is 0.0454. The summed E-state index contributed by atoms with van der Waals surface area (Å²) in [6, 6.07) is 12.3. The molecule has 3 N–H and O–H groups in total. The molecule has 1 fully saturated rings. The monoisotopic (exact) mass is 399 g/mol. The van der Waals surface area contributed by atoms with Gasteiger partial charge in [-0.2, -0.15) is 0 Å². The number of benzene rings is 2. The van der Waals surface area contributed by atoms with E-state index in [4.69, 9.17) is 12.2 Å². The summed E-state index contributed by atoms with van der Waals surface area (Å²) in [5.41, 5.74) is 1.62. The molecule has 146 valence electrons. The van der Waals surface area contributed by atoms with Crippen LogP contribution in [0.2, 0.25) is 0 Å². The summed E-state index contributed by atoms with van der Waals surface area (Å²) >= 11 is 5.17. The first-order valence-corrected chi connectivity index (χ1v) is 9.71. The molecule has 1 saturated carbocycles. The maximum absolute atomic E-state index is 12.9. The molecule has 0 aromatic heterocycles. The number of amides is 2. The minimum Gasteiger partial charge on any atom is -0.332 e. The molecule has 3 rings (SSSR count). The molecular formula is C21H22FN3O2S. The van der Waals surface area contributed by atoms with E-state index in [9.17, 15) is 14.0 Å². The van der Waals surface area contributed by atoms with Gasteiger partial charge in [-0.3, -0.25) is 14.9 Å².